The lowest BCUT2D eigenvalue weighted by Gasteiger charge is -2.43. The zero-order valence-corrected chi connectivity index (χ0v) is 20.9. The Kier molecular flexibility index (Phi) is 5.96. The smallest absolute Gasteiger partial charge is 0.253 e. The van der Waals surface area contributed by atoms with Gasteiger partial charge in [-0.3, -0.25) is 9.48 Å². The first kappa shape index (κ1) is 23.4. The van der Waals surface area contributed by atoms with Crippen LogP contribution in [-0.4, -0.2) is 47.5 Å². The molecule has 34 heavy (non-hydrogen) atoms. The van der Waals surface area contributed by atoms with E-state index in [1.165, 1.54) is 32.5 Å². The third kappa shape index (κ3) is 3.92. The molecular formula is C24H24Cl2N4O3S. The highest BCUT2D eigenvalue weighted by Crippen LogP contribution is 2.47. The second kappa shape index (κ2) is 8.68. The van der Waals surface area contributed by atoms with Crippen LogP contribution in [0.25, 0.3) is 0 Å². The third-order valence-corrected chi connectivity index (χ3v) is 9.46. The van der Waals surface area contributed by atoms with Gasteiger partial charge in [-0.2, -0.15) is 9.40 Å². The molecule has 0 saturated carbocycles. The average molecular weight is 519 g/mol. The van der Waals surface area contributed by atoms with Gasteiger partial charge in [0.1, 0.15) is 4.90 Å². The number of aromatic nitrogens is 2. The minimum atomic E-state index is -3.63. The molecule has 1 aromatic heterocycles. The number of amides is 1. The molecule has 2 heterocycles. The van der Waals surface area contributed by atoms with Crippen molar-refractivity contribution in [2.45, 2.75) is 35.6 Å². The number of halogens is 2. The first-order valence-electron chi connectivity index (χ1n) is 11.0. The quantitative estimate of drug-likeness (QED) is 0.569. The number of carbonyl (C=O) groups is 1. The number of rotatable bonds is 4. The van der Waals surface area contributed by atoms with Gasteiger partial charge in [-0.25, -0.2) is 8.42 Å². The molecule has 1 N–H and O–H groups in total. The fourth-order valence-electron chi connectivity index (χ4n) is 5.31. The van der Waals surface area contributed by atoms with E-state index < -0.39 is 10.0 Å². The Balaban J connectivity index is 1.42. The van der Waals surface area contributed by atoms with Crippen molar-refractivity contribution in [3.05, 3.63) is 81.6 Å². The summed E-state index contributed by atoms with van der Waals surface area (Å²) in [5.41, 5.74) is 2.37. The highest BCUT2D eigenvalue weighted by Gasteiger charge is 2.50. The Morgan fingerprint density at radius 3 is 2.56 bits per heavy atom. The molecule has 2 aromatic carbocycles. The number of nitrogens with zero attached hydrogens (tertiary/aromatic N) is 3. The number of hydrogen-bond acceptors (Lipinski definition) is 4. The van der Waals surface area contributed by atoms with Gasteiger partial charge in [0.2, 0.25) is 10.0 Å². The lowest BCUT2D eigenvalue weighted by atomic mass is 9.71. The highest BCUT2D eigenvalue weighted by atomic mass is 35.5. The molecule has 10 heteroatoms. The summed E-state index contributed by atoms with van der Waals surface area (Å²) < 4.78 is 29.3. The summed E-state index contributed by atoms with van der Waals surface area (Å²) in [6.45, 7) is 0.721. The zero-order valence-electron chi connectivity index (χ0n) is 18.5. The number of carbonyl (C=O) groups excluding carboxylic acids is 1. The third-order valence-electron chi connectivity index (χ3n) is 7.06. The van der Waals surface area contributed by atoms with E-state index in [-0.39, 0.29) is 22.3 Å². The standard InChI is InChI=1S/C24H24Cl2N4O3S/c1-29-15-18(14-27-29)34(32,33)30-10-8-24(9-11-30)20-5-3-2-4-16(20)12-22(24)28-23(31)19-7-6-17(25)13-21(19)26/h2-7,13-15,22H,8-12H2,1H3,(H,28,31). The van der Waals surface area contributed by atoms with Crippen LogP contribution < -0.4 is 5.32 Å². The van der Waals surface area contributed by atoms with E-state index in [4.69, 9.17) is 23.2 Å². The van der Waals surface area contributed by atoms with Gasteiger partial charge in [0.25, 0.3) is 5.91 Å². The summed E-state index contributed by atoms with van der Waals surface area (Å²) in [7, 11) is -1.93. The molecule has 1 aliphatic carbocycles. The summed E-state index contributed by atoms with van der Waals surface area (Å²) >= 11 is 12.3. The van der Waals surface area contributed by atoms with Crippen LogP contribution >= 0.6 is 23.2 Å². The Morgan fingerprint density at radius 1 is 1.15 bits per heavy atom. The molecule has 0 bridgehead atoms. The molecule has 2 aliphatic rings. The number of benzene rings is 2. The van der Waals surface area contributed by atoms with Crippen molar-refractivity contribution in [3.8, 4) is 0 Å². The predicted octanol–water partition coefficient (Wildman–Crippen LogP) is 3.80. The summed E-state index contributed by atoms with van der Waals surface area (Å²) in [5.74, 6) is -0.260. The van der Waals surface area contributed by atoms with Gasteiger partial charge >= 0.3 is 0 Å². The Labute approximate surface area is 208 Å². The largest absolute Gasteiger partial charge is 0.348 e. The molecule has 1 unspecified atom stereocenters. The number of piperidine rings is 1. The summed E-state index contributed by atoms with van der Waals surface area (Å²) in [6, 6.07) is 12.8. The van der Waals surface area contributed by atoms with E-state index in [2.05, 4.69) is 22.5 Å². The minimum Gasteiger partial charge on any atom is -0.348 e. The lowest BCUT2D eigenvalue weighted by Crippen LogP contribution is -2.54. The molecule has 5 rings (SSSR count). The number of nitrogens with one attached hydrogen (secondary N) is 1. The molecule has 1 amide bonds. The van der Waals surface area contributed by atoms with E-state index >= 15 is 0 Å². The maximum absolute atomic E-state index is 13.2. The number of fused-ring (bicyclic) bond motifs is 2. The Bertz CT molecular complexity index is 1360. The van der Waals surface area contributed by atoms with Crippen molar-refractivity contribution < 1.29 is 13.2 Å². The summed E-state index contributed by atoms with van der Waals surface area (Å²) in [4.78, 5) is 13.4. The topological polar surface area (TPSA) is 84.3 Å². The van der Waals surface area contributed by atoms with Crippen LogP contribution in [0.3, 0.4) is 0 Å². The van der Waals surface area contributed by atoms with Crippen LogP contribution in [0.15, 0.2) is 59.8 Å². The van der Waals surface area contributed by atoms with Crippen LogP contribution in [0.5, 0.6) is 0 Å². The van der Waals surface area contributed by atoms with Crippen molar-refractivity contribution in [2.24, 2.45) is 7.05 Å². The van der Waals surface area contributed by atoms with Crippen LogP contribution in [0.2, 0.25) is 10.0 Å². The van der Waals surface area contributed by atoms with Crippen LogP contribution in [0.1, 0.15) is 34.3 Å². The number of hydrogen-bond donors (Lipinski definition) is 1. The first-order valence-corrected chi connectivity index (χ1v) is 13.2. The van der Waals surface area contributed by atoms with Crippen LogP contribution in [0.4, 0.5) is 0 Å². The van der Waals surface area contributed by atoms with Gasteiger partial charge in [-0.15, -0.1) is 0 Å². The maximum atomic E-state index is 13.2. The second-order valence-electron chi connectivity index (χ2n) is 8.92. The van der Waals surface area contributed by atoms with Crippen molar-refractivity contribution in [1.82, 2.24) is 19.4 Å². The molecule has 178 valence electrons. The van der Waals surface area contributed by atoms with E-state index in [0.29, 0.717) is 48.0 Å². The molecule has 0 radical (unpaired) electrons. The van der Waals surface area contributed by atoms with Gasteiger partial charge in [-0.1, -0.05) is 47.5 Å². The molecule has 7 nitrogen and oxygen atoms in total. The summed E-state index contributed by atoms with van der Waals surface area (Å²) in [5, 5.41) is 7.98. The van der Waals surface area contributed by atoms with Crippen molar-refractivity contribution in [2.75, 3.05) is 13.1 Å². The van der Waals surface area contributed by atoms with E-state index in [1.54, 1.807) is 25.2 Å². The SMILES string of the molecule is Cn1cc(S(=O)(=O)N2CCC3(CC2)c2ccccc2CC3NC(=O)c2ccc(Cl)cc2Cl)cn1. The second-order valence-corrected chi connectivity index (χ2v) is 11.7. The van der Waals surface area contributed by atoms with E-state index in [9.17, 15) is 13.2 Å². The molecule has 1 fully saturated rings. The Morgan fingerprint density at radius 2 is 1.88 bits per heavy atom. The van der Waals surface area contributed by atoms with Gasteiger partial charge in [0.05, 0.1) is 16.8 Å². The Hall–Kier alpha value is -2.39. The molecule has 1 atom stereocenters. The number of aryl methyl sites for hydroxylation is 1. The normalized spacial score (nSPS) is 19.8. The molecular weight excluding hydrogens is 495 g/mol. The van der Waals surface area contributed by atoms with E-state index in [1.807, 2.05) is 12.1 Å². The zero-order chi connectivity index (χ0) is 24.1. The predicted molar refractivity (Wildman–Crippen MR) is 131 cm³/mol. The maximum Gasteiger partial charge on any atom is 0.253 e. The number of sulfonamides is 1. The lowest BCUT2D eigenvalue weighted by molar-refractivity contribution is 0.0897. The van der Waals surface area contributed by atoms with Gasteiger partial charge < -0.3 is 5.32 Å². The summed E-state index contributed by atoms with van der Waals surface area (Å²) in [6.07, 6.45) is 4.78. The minimum absolute atomic E-state index is 0.174. The van der Waals surface area contributed by atoms with Crippen molar-refractivity contribution in [1.29, 1.82) is 0 Å². The molecule has 1 aliphatic heterocycles. The monoisotopic (exact) mass is 518 g/mol. The first-order chi connectivity index (χ1) is 16.2. The van der Waals surface area contributed by atoms with Crippen molar-refractivity contribution in [3.63, 3.8) is 0 Å². The van der Waals surface area contributed by atoms with Crippen LogP contribution in [-0.2, 0) is 28.9 Å². The van der Waals surface area contributed by atoms with Gasteiger partial charge in [0.15, 0.2) is 0 Å². The average Bonchev–Trinajstić information content (AvgIpc) is 3.37. The fourth-order valence-corrected chi connectivity index (χ4v) is 7.23. The highest BCUT2D eigenvalue weighted by molar-refractivity contribution is 7.89. The molecule has 1 saturated heterocycles. The van der Waals surface area contributed by atoms with Crippen molar-refractivity contribution >= 4 is 39.1 Å². The molecule has 3 aromatic rings. The van der Waals surface area contributed by atoms with Gasteiger partial charge in [-0.05, 0) is 48.6 Å². The molecule has 1 spiro atoms. The van der Waals surface area contributed by atoms with E-state index in [0.717, 1.165) is 0 Å². The van der Waals surface area contributed by atoms with Gasteiger partial charge in [0, 0.05) is 42.8 Å². The fraction of sp³-hybridized carbons (Fsp3) is 0.333. The van der Waals surface area contributed by atoms with Crippen LogP contribution in [0, 0.1) is 0 Å².